The molecule has 0 bridgehead atoms. The Morgan fingerprint density at radius 2 is 1.80 bits per heavy atom. The van der Waals surface area contributed by atoms with E-state index in [-0.39, 0.29) is 0 Å². The van der Waals surface area contributed by atoms with Crippen LogP contribution >= 0.6 is 0 Å². The van der Waals surface area contributed by atoms with Crippen LogP contribution < -0.4 is 5.32 Å². The molecule has 0 aromatic heterocycles. The molecule has 1 fully saturated rings. The van der Waals surface area contributed by atoms with Crippen LogP contribution in [0, 0.1) is 0 Å². The topological polar surface area (TPSA) is 52.6 Å². The SMILES string of the molecule is CCCNC(C)CCCCN1CCN(S(C)(=O)=O)CC1. The van der Waals surface area contributed by atoms with Crippen molar-refractivity contribution < 1.29 is 8.42 Å². The molecule has 1 atom stereocenters. The van der Waals surface area contributed by atoms with Crippen molar-refractivity contribution in [2.24, 2.45) is 0 Å². The first kappa shape index (κ1) is 17.9. The minimum absolute atomic E-state index is 0.608. The van der Waals surface area contributed by atoms with Crippen LogP contribution in [0.15, 0.2) is 0 Å². The normalized spacial score (nSPS) is 20.1. The lowest BCUT2D eigenvalue weighted by molar-refractivity contribution is 0.185. The van der Waals surface area contributed by atoms with Crippen molar-refractivity contribution in [2.75, 3.05) is 45.5 Å². The zero-order chi connectivity index (χ0) is 15.0. The minimum Gasteiger partial charge on any atom is -0.314 e. The molecule has 0 aromatic carbocycles. The number of unbranched alkanes of at least 4 members (excludes halogenated alkanes) is 1. The molecular formula is C14H31N3O2S. The van der Waals surface area contributed by atoms with Gasteiger partial charge in [0.05, 0.1) is 6.26 Å². The van der Waals surface area contributed by atoms with Crippen molar-refractivity contribution in [1.82, 2.24) is 14.5 Å². The summed E-state index contributed by atoms with van der Waals surface area (Å²) < 4.78 is 24.4. The Hall–Kier alpha value is -0.170. The first-order valence-electron chi connectivity index (χ1n) is 7.84. The van der Waals surface area contributed by atoms with Gasteiger partial charge in [0.25, 0.3) is 0 Å². The third-order valence-corrected chi connectivity index (χ3v) is 5.21. The van der Waals surface area contributed by atoms with Crippen LogP contribution in [0.5, 0.6) is 0 Å². The van der Waals surface area contributed by atoms with E-state index >= 15 is 0 Å². The minimum atomic E-state index is -3.00. The molecule has 1 saturated heterocycles. The highest BCUT2D eigenvalue weighted by molar-refractivity contribution is 7.88. The molecule has 20 heavy (non-hydrogen) atoms. The second-order valence-corrected chi connectivity index (χ2v) is 7.84. The average molecular weight is 305 g/mol. The number of nitrogens with one attached hydrogen (secondary N) is 1. The number of sulfonamides is 1. The van der Waals surface area contributed by atoms with Gasteiger partial charge in [-0.2, -0.15) is 4.31 Å². The first-order chi connectivity index (χ1) is 9.43. The third-order valence-electron chi connectivity index (χ3n) is 3.90. The standard InChI is InChI=1S/C14H31N3O2S/c1-4-8-15-14(2)7-5-6-9-16-10-12-17(13-11-16)20(3,18)19/h14-15H,4-13H2,1-3H3. The van der Waals surface area contributed by atoms with Crippen molar-refractivity contribution in [3.05, 3.63) is 0 Å². The van der Waals surface area contributed by atoms with E-state index in [9.17, 15) is 8.42 Å². The summed E-state index contributed by atoms with van der Waals surface area (Å²) in [6.45, 7) is 9.68. The predicted octanol–water partition coefficient (Wildman–Crippen LogP) is 1.12. The van der Waals surface area contributed by atoms with Crippen LogP contribution in [0.1, 0.15) is 39.5 Å². The van der Waals surface area contributed by atoms with Crippen LogP contribution in [0.25, 0.3) is 0 Å². The molecule has 0 amide bonds. The highest BCUT2D eigenvalue weighted by Gasteiger charge is 2.22. The molecule has 0 aliphatic carbocycles. The smallest absolute Gasteiger partial charge is 0.211 e. The molecule has 1 aliphatic rings. The second kappa shape index (κ2) is 8.97. The van der Waals surface area contributed by atoms with Crippen molar-refractivity contribution in [3.8, 4) is 0 Å². The summed E-state index contributed by atoms with van der Waals surface area (Å²) in [7, 11) is -3.00. The summed E-state index contributed by atoms with van der Waals surface area (Å²) >= 11 is 0. The molecule has 0 radical (unpaired) electrons. The summed E-state index contributed by atoms with van der Waals surface area (Å²) in [4.78, 5) is 2.38. The predicted molar refractivity (Wildman–Crippen MR) is 84.5 cm³/mol. The van der Waals surface area contributed by atoms with E-state index in [4.69, 9.17) is 0 Å². The van der Waals surface area contributed by atoms with Crippen molar-refractivity contribution >= 4 is 10.0 Å². The summed E-state index contributed by atoms with van der Waals surface area (Å²) in [5.74, 6) is 0. The van der Waals surface area contributed by atoms with E-state index in [0.29, 0.717) is 19.1 Å². The van der Waals surface area contributed by atoms with E-state index in [0.717, 1.165) is 26.2 Å². The summed E-state index contributed by atoms with van der Waals surface area (Å²) in [5.41, 5.74) is 0. The Kier molecular flexibility index (Phi) is 8.02. The number of piperazine rings is 1. The van der Waals surface area contributed by atoms with Crippen LogP contribution in [-0.4, -0.2) is 69.2 Å². The lowest BCUT2D eigenvalue weighted by Gasteiger charge is -2.33. The Labute approximate surface area is 124 Å². The zero-order valence-electron chi connectivity index (χ0n) is 13.3. The maximum absolute atomic E-state index is 11.4. The molecule has 0 saturated carbocycles. The molecule has 1 unspecified atom stereocenters. The largest absolute Gasteiger partial charge is 0.314 e. The molecular weight excluding hydrogens is 274 g/mol. The van der Waals surface area contributed by atoms with Gasteiger partial charge in [-0.25, -0.2) is 8.42 Å². The second-order valence-electron chi connectivity index (χ2n) is 5.85. The number of hydrogen-bond acceptors (Lipinski definition) is 4. The lowest BCUT2D eigenvalue weighted by atomic mass is 10.1. The fraction of sp³-hybridized carbons (Fsp3) is 1.00. The van der Waals surface area contributed by atoms with Gasteiger partial charge in [0.15, 0.2) is 0 Å². The van der Waals surface area contributed by atoms with Crippen molar-refractivity contribution in [1.29, 1.82) is 0 Å². The maximum atomic E-state index is 11.4. The van der Waals surface area contributed by atoms with Crippen molar-refractivity contribution in [2.45, 2.75) is 45.6 Å². The van der Waals surface area contributed by atoms with Crippen LogP contribution in [-0.2, 0) is 10.0 Å². The Morgan fingerprint density at radius 1 is 1.15 bits per heavy atom. The van der Waals surface area contributed by atoms with Crippen LogP contribution in [0.4, 0.5) is 0 Å². The molecule has 5 nitrogen and oxygen atoms in total. The molecule has 1 aliphatic heterocycles. The van der Waals surface area contributed by atoms with Gasteiger partial charge in [0, 0.05) is 32.2 Å². The fourth-order valence-electron chi connectivity index (χ4n) is 2.56. The molecule has 1 heterocycles. The van der Waals surface area contributed by atoms with Crippen LogP contribution in [0.2, 0.25) is 0 Å². The van der Waals surface area contributed by atoms with Gasteiger partial charge in [-0.15, -0.1) is 0 Å². The Balaban J connectivity index is 2.07. The maximum Gasteiger partial charge on any atom is 0.211 e. The first-order valence-corrected chi connectivity index (χ1v) is 9.69. The molecule has 0 spiro atoms. The van der Waals surface area contributed by atoms with Gasteiger partial charge in [-0.1, -0.05) is 13.3 Å². The summed E-state index contributed by atoms with van der Waals surface area (Å²) in [5, 5.41) is 3.51. The van der Waals surface area contributed by atoms with Gasteiger partial charge < -0.3 is 10.2 Å². The van der Waals surface area contributed by atoms with Crippen molar-refractivity contribution in [3.63, 3.8) is 0 Å². The van der Waals surface area contributed by atoms with E-state index in [1.807, 2.05) is 0 Å². The summed E-state index contributed by atoms with van der Waals surface area (Å²) in [6, 6.07) is 0.608. The highest BCUT2D eigenvalue weighted by atomic mass is 32.2. The summed E-state index contributed by atoms with van der Waals surface area (Å²) in [6.07, 6.45) is 6.16. The Bertz CT molecular complexity index is 351. The third kappa shape index (κ3) is 7.02. The van der Waals surface area contributed by atoms with E-state index in [1.54, 1.807) is 4.31 Å². The lowest BCUT2D eigenvalue weighted by Crippen LogP contribution is -2.48. The van der Waals surface area contributed by atoms with Gasteiger partial charge in [-0.3, -0.25) is 0 Å². The molecule has 1 rings (SSSR count). The number of rotatable bonds is 9. The average Bonchev–Trinajstić information content (AvgIpc) is 2.41. The molecule has 6 heteroatoms. The van der Waals surface area contributed by atoms with Crippen LogP contribution in [0.3, 0.4) is 0 Å². The number of hydrogen-bond donors (Lipinski definition) is 1. The monoisotopic (exact) mass is 305 g/mol. The van der Waals surface area contributed by atoms with Gasteiger partial charge >= 0.3 is 0 Å². The molecule has 120 valence electrons. The quantitative estimate of drug-likeness (QED) is 0.649. The van der Waals surface area contributed by atoms with E-state index < -0.39 is 10.0 Å². The van der Waals surface area contributed by atoms with E-state index in [1.165, 1.54) is 31.9 Å². The van der Waals surface area contributed by atoms with Gasteiger partial charge in [-0.05, 0) is 39.3 Å². The van der Waals surface area contributed by atoms with E-state index in [2.05, 4.69) is 24.1 Å². The molecule has 0 aromatic rings. The van der Waals surface area contributed by atoms with Gasteiger partial charge in [0.1, 0.15) is 0 Å². The Morgan fingerprint density at radius 3 is 2.35 bits per heavy atom. The highest BCUT2D eigenvalue weighted by Crippen LogP contribution is 2.08. The zero-order valence-corrected chi connectivity index (χ0v) is 14.1. The number of nitrogens with zero attached hydrogens (tertiary/aromatic N) is 2. The fourth-order valence-corrected chi connectivity index (χ4v) is 3.39. The molecule has 1 N–H and O–H groups in total. The van der Waals surface area contributed by atoms with Gasteiger partial charge in [0.2, 0.25) is 10.0 Å².